The van der Waals surface area contributed by atoms with Crippen molar-refractivity contribution in [3.05, 3.63) is 46.8 Å². The Balaban J connectivity index is 1.98. The number of piperidine rings is 1. The van der Waals surface area contributed by atoms with Crippen molar-refractivity contribution >= 4 is 10.0 Å². The van der Waals surface area contributed by atoms with Crippen LogP contribution < -0.4 is 0 Å². The van der Waals surface area contributed by atoms with Gasteiger partial charge in [0.2, 0.25) is 10.0 Å². The third-order valence-electron chi connectivity index (χ3n) is 4.87. The van der Waals surface area contributed by atoms with Crippen LogP contribution in [0.2, 0.25) is 0 Å². The minimum Gasteiger partial charge on any atom is -0.264 e. The molecule has 148 valence electrons. The first-order valence-corrected chi connectivity index (χ1v) is 10.3. The molecule has 1 aromatic heterocycles. The van der Waals surface area contributed by atoms with Crippen molar-refractivity contribution in [3.8, 4) is 0 Å². The van der Waals surface area contributed by atoms with Gasteiger partial charge >= 0.3 is 6.18 Å². The molecule has 5 nitrogen and oxygen atoms in total. The number of aromatic nitrogens is 2. The molecule has 0 aliphatic carbocycles. The van der Waals surface area contributed by atoms with Gasteiger partial charge in [0, 0.05) is 13.1 Å². The van der Waals surface area contributed by atoms with Crippen LogP contribution in [-0.2, 0) is 22.7 Å². The summed E-state index contributed by atoms with van der Waals surface area (Å²) in [6.07, 6.45) is -1.86. The summed E-state index contributed by atoms with van der Waals surface area (Å²) in [6, 6.07) is 5.27. The van der Waals surface area contributed by atoms with Crippen LogP contribution in [0.5, 0.6) is 0 Å². The van der Waals surface area contributed by atoms with Crippen molar-refractivity contribution in [2.75, 3.05) is 13.1 Å². The SMILES string of the molecule is Cc1nn(Cc2ccccc2C(F)(F)F)c(C)c1S(=O)(=O)N1CCCCC1. The van der Waals surface area contributed by atoms with Crippen LogP contribution in [0.4, 0.5) is 13.2 Å². The van der Waals surface area contributed by atoms with Crippen LogP contribution in [0.3, 0.4) is 0 Å². The molecule has 3 rings (SSSR count). The Morgan fingerprint density at radius 3 is 2.33 bits per heavy atom. The smallest absolute Gasteiger partial charge is 0.264 e. The van der Waals surface area contributed by atoms with Crippen LogP contribution in [0.1, 0.15) is 41.8 Å². The van der Waals surface area contributed by atoms with Gasteiger partial charge < -0.3 is 0 Å². The Labute approximate surface area is 156 Å². The molecule has 1 aliphatic rings. The van der Waals surface area contributed by atoms with Crippen molar-refractivity contribution < 1.29 is 21.6 Å². The standard InChI is InChI=1S/C18H22F3N3O2S/c1-13-17(27(25,26)23-10-6-3-7-11-23)14(2)24(22-13)12-15-8-4-5-9-16(15)18(19,20)21/h4-5,8-9H,3,6-7,10-12H2,1-2H3. The fraction of sp³-hybridized carbons (Fsp3) is 0.500. The minimum atomic E-state index is -4.48. The molecule has 2 aromatic rings. The highest BCUT2D eigenvalue weighted by Gasteiger charge is 2.34. The molecule has 0 spiro atoms. The van der Waals surface area contributed by atoms with E-state index in [1.165, 1.54) is 27.2 Å². The van der Waals surface area contributed by atoms with Gasteiger partial charge in [-0.3, -0.25) is 4.68 Å². The zero-order valence-corrected chi connectivity index (χ0v) is 16.1. The van der Waals surface area contributed by atoms with E-state index < -0.39 is 21.8 Å². The van der Waals surface area contributed by atoms with Gasteiger partial charge in [-0.15, -0.1) is 0 Å². The molecule has 2 heterocycles. The van der Waals surface area contributed by atoms with Crippen LogP contribution in [-0.4, -0.2) is 35.6 Å². The summed E-state index contributed by atoms with van der Waals surface area (Å²) in [5, 5.41) is 4.23. The topological polar surface area (TPSA) is 55.2 Å². The summed E-state index contributed by atoms with van der Waals surface area (Å²) < 4.78 is 68.5. The van der Waals surface area contributed by atoms with Gasteiger partial charge in [0.1, 0.15) is 4.90 Å². The lowest BCUT2D eigenvalue weighted by Crippen LogP contribution is -2.36. The Morgan fingerprint density at radius 1 is 1.07 bits per heavy atom. The highest BCUT2D eigenvalue weighted by atomic mass is 32.2. The van der Waals surface area contributed by atoms with Crippen LogP contribution in [0.25, 0.3) is 0 Å². The second-order valence-electron chi connectivity index (χ2n) is 6.78. The Morgan fingerprint density at radius 2 is 1.70 bits per heavy atom. The molecule has 1 aromatic carbocycles. The molecule has 0 N–H and O–H groups in total. The van der Waals surface area contributed by atoms with Crippen LogP contribution in [0, 0.1) is 13.8 Å². The maximum atomic E-state index is 13.2. The zero-order chi connectivity index (χ0) is 19.8. The van der Waals surface area contributed by atoms with E-state index in [0.717, 1.165) is 25.3 Å². The van der Waals surface area contributed by atoms with Crippen LogP contribution >= 0.6 is 0 Å². The molecular weight excluding hydrogens is 379 g/mol. The molecule has 9 heteroatoms. The lowest BCUT2D eigenvalue weighted by molar-refractivity contribution is -0.138. The van der Waals surface area contributed by atoms with Gasteiger partial charge in [0.15, 0.2) is 0 Å². The largest absolute Gasteiger partial charge is 0.416 e. The number of aryl methyl sites for hydroxylation is 1. The van der Waals surface area contributed by atoms with Gasteiger partial charge in [-0.2, -0.15) is 22.6 Å². The van der Waals surface area contributed by atoms with E-state index in [9.17, 15) is 21.6 Å². The van der Waals surface area contributed by atoms with E-state index in [-0.39, 0.29) is 17.0 Å². The molecular formula is C18H22F3N3O2S. The molecule has 1 saturated heterocycles. The van der Waals surface area contributed by atoms with Gasteiger partial charge in [-0.25, -0.2) is 8.42 Å². The highest BCUT2D eigenvalue weighted by Crippen LogP contribution is 2.33. The molecule has 0 unspecified atom stereocenters. The van der Waals surface area contributed by atoms with E-state index in [1.54, 1.807) is 13.8 Å². The molecule has 0 atom stereocenters. The lowest BCUT2D eigenvalue weighted by atomic mass is 10.1. The quantitative estimate of drug-likeness (QED) is 0.784. The lowest BCUT2D eigenvalue weighted by Gasteiger charge is -2.26. The number of alkyl halides is 3. The van der Waals surface area contributed by atoms with Crippen LogP contribution in [0.15, 0.2) is 29.2 Å². The zero-order valence-electron chi connectivity index (χ0n) is 15.3. The van der Waals surface area contributed by atoms with Crippen molar-refractivity contribution in [3.63, 3.8) is 0 Å². The first-order chi connectivity index (χ1) is 12.6. The number of hydrogen-bond donors (Lipinski definition) is 0. The summed E-state index contributed by atoms with van der Waals surface area (Å²) in [4.78, 5) is 0.105. The maximum absolute atomic E-state index is 13.2. The Hall–Kier alpha value is -1.87. The van der Waals surface area contributed by atoms with E-state index in [4.69, 9.17) is 0 Å². The maximum Gasteiger partial charge on any atom is 0.416 e. The fourth-order valence-electron chi connectivity index (χ4n) is 3.54. The molecule has 0 bridgehead atoms. The first-order valence-electron chi connectivity index (χ1n) is 8.81. The van der Waals surface area contributed by atoms with Gasteiger partial charge in [0.05, 0.1) is 23.5 Å². The Bertz CT molecular complexity index is 930. The van der Waals surface area contributed by atoms with Crippen molar-refractivity contribution in [2.24, 2.45) is 0 Å². The average molecular weight is 401 g/mol. The molecule has 27 heavy (non-hydrogen) atoms. The third-order valence-corrected chi connectivity index (χ3v) is 7.02. The van der Waals surface area contributed by atoms with E-state index in [0.29, 0.717) is 24.5 Å². The summed E-state index contributed by atoms with van der Waals surface area (Å²) in [7, 11) is -3.71. The first kappa shape index (κ1) is 19.9. The van der Waals surface area contributed by atoms with Gasteiger partial charge in [-0.05, 0) is 38.3 Å². The number of halogens is 3. The summed E-state index contributed by atoms with van der Waals surface area (Å²) in [5.41, 5.74) is -0.0203. The summed E-state index contributed by atoms with van der Waals surface area (Å²) in [6.45, 7) is 3.95. The molecule has 1 aliphatic heterocycles. The normalized spacial score (nSPS) is 16.6. The number of sulfonamides is 1. The molecule has 0 amide bonds. The Kier molecular flexibility index (Phi) is 5.36. The summed E-state index contributed by atoms with van der Waals surface area (Å²) >= 11 is 0. The van der Waals surface area contributed by atoms with Gasteiger partial charge in [0.25, 0.3) is 0 Å². The summed E-state index contributed by atoms with van der Waals surface area (Å²) in [5.74, 6) is 0. The second kappa shape index (κ2) is 7.27. The second-order valence-corrected chi connectivity index (χ2v) is 8.65. The highest BCUT2D eigenvalue weighted by molar-refractivity contribution is 7.89. The molecule has 1 fully saturated rings. The fourth-order valence-corrected chi connectivity index (χ4v) is 5.43. The average Bonchev–Trinajstić information content (AvgIpc) is 2.89. The third kappa shape index (κ3) is 3.89. The number of hydrogen-bond acceptors (Lipinski definition) is 3. The minimum absolute atomic E-state index is 0.0533. The number of benzene rings is 1. The predicted molar refractivity (Wildman–Crippen MR) is 94.9 cm³/mol. The van der Waals surface area contributed by atoms with Gasteiger partial charge in [-0.1, -0.05) is 24.6 Å². The van der Waals surface area contributed by atoms with Crippen molar-refractivity contribution in [1.29, 1.82) is 0 Å². The number of rotatable bonds is 4. The number of nitrogens with zero attached hydrogens (tertiary/aromatic N) is 3. The van der Waals surface area contributed by atoms with Crippen molar-refractivity contribution in [2.45, 2.75) is 50.7 Å². The van der Waals surface area contributed by atoms with E-state index in [1.807, 2.05) is 0 Å². The van der Waals surface area contributed by atoms with E-state index in [2.05, 4.69) is 5.10 Å². The van der Waals surface area contributed by atoms with Crippen molar-refractivity contribution in [1.82, 2.24) is 14.1 Å². The monoisotopic (exact) mass is 401 g/mol. The predicted octanol–water partition coefficient (Wildman–Crippen LogP) is 3.74. The molecule has 0 radical (unpaired) electrons. The molecule has 0 saturated carbocycles. The van der Waals surface area contributed by atoms with E-state index >= 15 is 0 Å².